The standard InChI is InChI=1S/C24H34N4O3S/c1-24(2,3)26-32(30,31)22-16-20(23(29)28-12-8-11-27(4)13-14-28)15-21(17-22)25-18-19-9-6-5-7-10-19/h5-7,9-10,15-17,25-26H,8,11-14,18H2,1-4H3. The molecular weight excluding hydrogens is 424 g/mol. The second-order valence-corrected chi connectivity index (χ2v) is 11.1. The van der Waals surface area contributed by atoms with Crippen LogP contribution in [0.1, 0.15) is 43.1 Å². The fraction of sp³-hybridized carbons (Fsp3) is 0.458. The molecule has 1 fully saturated rings. The summed E-state index contributed by atoms with van der Waals surface area (Å²) in [5, 5.41) is 3.28. The van der Waals surface area contributed by atoms with E-state index in [1.807, 2.05) is 42.3 Å². The van der Waals surface area contributed by atoms with E-state index >= 15 is 0 Å². The van der Waals surface area contributed by atoms with E-state index in [2.05, 4.69) is 14.9 Å². The number of hydrogen-bond acceptors (Lipinski definition) is 5. The molecule has 1 saturated heterocycles. The number of anilines is 1. The predicted molar refractivity (Wildman–Crippen MR) is 128 cm³/mol. The highest BCUT2D eigenvalue weighted by Gasteiger charge is 2.25. The number of nitrogens with zero attached hydrogens (tertiary/aromatic N) is 2. The Balaban J connectivity index is 1.93. The first kappa shape index (κ1) is 24.2. The zero-order valence-corrected chi connectivity index (χ0v) is 20.2. The molecule has 0 aliphatic carbocycles. The molecular formula is C24H34N4O3S. The molecule has 2 aromatic carbocycles. The van der Waals surface area contributed by atoms with Gasteiger partial charge in [0.15, 0.2) is 0 Å². The lowest BCUT2D eigenvalue weighted by molar-refractivity contribution is 0.0762. The molecule has 2 aromatic rings. The van der Waals surface area contributed by atoms with Gasteiger partial charge >= 0.3 is 0 Å². The van der Waals surface area contributed by atoms with E-state index in [0.717, 1.165) is 25.1 Å². The van der Waals surface area contributed by atoms with Crippen molar-refractivity contribution in [2.45, 2.75) is 44.2 Å². The third kappa shape index (κ3) is 6.79. The van der Waals surface area contributed by atoms with Crippen LogP contribution in [0.4, 0.5) is 5.69 Å². The quantitative estimate of drug-likeness (QED) is 0.695. The molecule has 7 nitrogen and oxygen atoms in total. The van der Waals surface area contributed by atoms with Crippen LogP contribution in [0, 0.1) is 0 Å². The maximum Gasteiger partial charge on any atom is 0.254 e. The first-order valence-electron chi connectivity index (χ1n) is 11.0. The number of benzene rings is 2. The van der Waals surface area contributed by atoms with E-state index < -0.39 is 15.6 Å². The van der Waals surface area contributed by atoms with E-state index in [1.54, 1.807) is 32.9 Å². The number of hydrogen-bond donors (Lipinski definition) is 2. The monoisotopic (exact) mass is 458 g/mol. The SMILES string of the molecule is CN1CCCN(C(=O)c2cc(NCc3ccccc3)cc(S(=O)(=O)NC(C)(C)C)c2)CC1. The number of carbonyl (C=O) groups is 1. The number of nitrogens with one attached hydrogen (secondary N) is 2. The van der Waals surface area contributed by atoms with Gasteiger partial charge in [0.05, 0.1) is 4.90 Å². The van der Waals surface area contributed by atoms with Crippen molar-refractivity contribution < 1.29 is 13.2 Å². The average Bonchev–Trinajstić information content (AvgIpc) is 2.95. The van der Waals surface area contributed by atoms with E-state index in [9.17, 15) is 13.2 Å². The van der Waals surface area contributed by atoms with Gasteiger partial charge in [0.2, 0.25) is 10.0 Å². The molecule has 0 bridgehead atoms. The molecule has 174 valence electrons. The molecule has 1 amide bonds. The number of rotatable bonds is 6. The Kier molecular flexibility index (Phi) is 7.59. The topological polar surface area (TPSA) is 81.8 Å². The van der Waals surface area contributed by atoms with Gasteiger partial charge in [-0.1, -0.05) is 30.3 Å². The van der Waals surface area contributed by atoms with Crippen molar-refractivity contribution in [1.29, 1.82) is 0 Å². The summed E-state index contributed by atoms with van der Waals surface area (Å²) in [5.74, 6) is -0.143. The van der Waals surface area contributed by atoms with Gasteiger partial charge in [-0.25, -0.2) is 13.1 Å². The molecule has 2 N–H and O–H groups in total. The van der Waals surface area contributed by atoms with Crippen LogP contribution in [-0.4, -0.2) is 62.9 Å². The van der Waals surface area contributed by atoms with Crippen LogP contribution in [0.3, 0.4) is 0 Å². The van der Waals surface area contributed by atoms with Crippen molar-refractivity contribution in [1.82, 2.24) is 14.5 Å². The summed E-state index contributed by atoms with van der Waals surface area (Å²) in [6, 6.07) is 14.7. The minimum Gasteiger partial charge on any atom is -0.381 e. The minimum atomic E-state index is -3.80. The Hall–Kier alpha value is -2.42. The maximum absolute atomic E-state index is 13.3. The molecule has 1 aliphatic rings. The van der Waals surface area contributed by atoms with Gasteiger partial charge in [-0.05, 0) is 64.5 Å². The summed E-state index contributed by atoms with van der Waals surface area (Å²) in [5.41, 5.74) is 1.41. The molecule has 0 spiro atoms. The highest BCUT2D eigenvalue weighted by Crippen LogP contribution is 2.23. The van der Waals surface area contributed by atoms with Crippen LogP contribution < -0.4 is 10.0 Å². The van der Waals surface area contributed by atoms with Crippen molar-refractivity contribution in [3.63, 3.8) is 0 Å². The summed E-state index contributed by atoms with van der Waals surface area (Å²) in [4.78, 5) is 17.4. The van der Waals surface area contributed by atoms with E-state index in [4.69, 9.17) is 0 Å². The molecule has 3 rings (SSSR count). The summed E-state index contributed by atoms with van der Waals surface area (Å²) in [6.45, 7) is 8.93. The molecule has 1 heterocycles. The first-order valence-corrected chi connectivity index (χ1v) is 12.5. The zero-order valence-electron chi connectivity index (χ0n) is 19.4. The molecule has 0 saturated carbocycles. The van der Waals surface area contributed by atoms with Crippen molar-refractivity contribution in [3.8, 4) is 0 Å². The number of amides is 1. The normalized spacial score (nSPS) is 15.9. The molecule has 0 atom stereocenters. The smallest absolute Gasteiger partial charge is 0.254 e. The van der Waals surface area contributed by atoms with Gasteiger partial charge < -0.3 is 15.1 Å². The third-order valence-corrected chi connectivity index (χ3v) is 6.99. The highest BCUT2D eigenvalue weighted by molar-refractivity contribution is 7.89. The van der Waals surface area contributed by atoms with Gasteiger partial charge in [0.1, 0.15) is 0 Å². The molecule has 1 aliphatic heterocycles. The Morgan fingerprint density at radius 1 is 1.00 bits per heavy atom. The molecule has 0 unspecified atom stereocenters. The zero-order chi connectivity index (χ0) is 23.4. The Morgan fingerprint density at radius 3 is 2.41 bits per heavy atom. The van der Waals surface area contributed by atoms with Crippen molar-refractivity contribution in [2.75, 3.05) is 38.5 Å². The maximum atomic E-state index is 13.3. The lowest BCUT2D eigenvalue weighted by atomic mass is 10.1. The molecule has 8 heteroatoms. The predicted octanol–water partition coefficient (Wildman–Crippen LogP) is 3.15. The van der Waals surface area contributed by atoms with Crippen LogP contribution in [0.2, 0.25) is 0 Å². The second kappa shape index (κ2) is 10.0. The fourth-order valence-electron chi connectivity index (χ4n) is 3.67. The van der Waals surface area contributed by atoms with Crippen molar-refractivity contribution in [3.05, 3.63) is 59.7 Å². The summed E-state index contributed by atoms with van der Waals surface area (Å²) in [7, 11) is -1.75. The second-order valence-electron chi connectivity index (χ2n) is 9.39. The Labute approximate surface area is 191 Å². The lowest BCUT2D eigenvalue weighted by Gasteiger charge is -2.23. The molecule has 32 heavy (non-hydrogen) atoms. The van der Waals surface area contributed by atoms with Crippen LogP contribution >= 0.6 is 0 Å². The highest BCUT2D eigenvalue weighted by atomic mass is 32.2. The van der Waals surface area contributed by atoms with E-state index in [0.29, 0.717) is 30.9 Å². The number of sulfonamides is 1. The van der Waals surface area contributed by atoms with Crippen LogP contribution in [0.15, 0.2) is 53.4 Å². The van der Waals surface area contributed by atoms with Gasteiger partial charge in [-0.3, -0.25) is 4.79 Å². The summed E-state index contributed by atoms with van der Waals surface area (Å²) in [6.07, 6.45) is 0.894. The van der Waals surface area contributed by atoms with E-state index in [-0.39, 0.29) is 10.8 Å². The fourth-order valence-corrected chi connectivity index (χ4v) is 5.16. The number of carbonyl (C=O) groups excluding carboxylic acids is 1. The Bertz CT molecular complexity index is 1030. The molecule has 0 radical (unpaired) electrons. The van der Waals surface area contributed by atoms with Gasteiger partial charge in [-0.15, -0.1) is 0 Å². The summed E-state index contributed by atoms with van der Waals surface area (Å²) < 4.78 is 28.8. The van der Waals surface area contributed by atoms with E-state index in [1.165, 1.54) is 6.07 Å². The largest absolute Gasteiger partial charge is 0.381 e. The van der Waals surface area contributed by atoms with Crippen LogP contribution in [-0.2, 0) is 16.6 Å². The van der Waals surface area contributed by atoms with Crippen LogP contribution in [0.5, 0.6) is 0 Å². The van der Waals surface area contributed by atoms with Crippen molar-refractivity contribution in [2.24, 2.45) is 0 Å². The lowest BCUT2D eigenvalue weighted by Crippen LogP contribution is -2.40. The number of likely N-dealkylation sites (N-methyl/N-ethyl adjacent to an activating group) is 1. The third-order valence-electron chi connectivity index (χ3n) is 5.25. The first-order chi connectivity index (χ1) is 15.0. The van der Waals surface area contributed by atoms with Crippen LogP contribution in [0.25, 0.3) is 0 Å². The van der Waals surface area contributed by atoms with Gasteiger partial charge in [-0.2, -0.15) is 0 Å². The Morgan fingerprint density at radius 2 is 1.72 bits per heavy atom. The van der Waals surface area contributed by atoms with Gasteiger partial charge in [0, 0.05) is 43.0 Å². The minimum absolute atomic E-state index is 0.0841. The van der Waals surface area contributed by atoms with Gasteiger partial charge in [0.25, 0.3) is 5.91 Å². The average molecular weight is 459 g/mol. The van der Waals surface area contributed by atoms with Crippen molar-refractivity contribution >= 4 is 21.6 Å². The molecule has 0 aromatic heterocycles. The summed E-state index contributed by atoms with van der Waals surface area (Å²) >= 11 is 0.